The van der Waals surface area contributed by atoms with Crippen LogP contribution in [0, 0.1) is 23.3 Å². The summed E-state index contributed by atoms with van der Waals surface area (Å²) in [7, 11) is 0. The summed E-state index contributed by atoms with van der Waals surface area (Å²) in [6.45, 7) is 0. The molecule has 0 aliphatic carbocycles. The van der Waals surface area contributed by atoms with Crippen LogP contribution in [0.1, 0.15) is 20.7 Å². The second-order valence-corrected chi connectivity index (χ2v) is 4.20. The average Bonchev–Trinajstić information content (AvgIpc) is 2.45. The van der Waals surface area contributed by atoms with Crippen LogP contribution in [0.5, 0.6) is 0 Å². The second kappa shape index (κ2) is 5.47. The summed E-state index contributed by atoms with van der Waals surface area (Å²) in [5.41, 5.74) is -3.61. The lowest BCUT2D eigenvalue weighted by atomic mass is 9.98. The first kappa shape index (κ1) is 15.5. The lowest BCUT2D eigenvalue weighted by Gasteiger charge is -2.10. The van der Waals surface area contributed by atoms with Gasteiger partial charge in [-0.2, -0.15) is 0 Å². The monoisotopic (exact) mass is 314 g/mol. The highest BCUT2D eigenvalue weighted by molar-refractivity contribution is 5.92. The van der Waals surface area contributed by atoms with Crippen LogP contribution in [0.3, 0.4) is 0 Å². The zero-order valence-corrected chi connectivity index (χ0v) is 10.5. The van der Waals surface area contributed by atoms with Gasteiger partial charge in [0.1, 0.15) is 5.56 Å². The molecule has 0 spiro atoms. The Bertz CT molecular complexity index is 802. The van der Waals surface area contributed by atoms with Crippen LogP contribution in [-0.4, -0.2) is 22.2 Å². The maximum absolute atomic E-state index is 14.1. The predicted molar refractivity (Wildman–Crippen MR) is 65.6 cm³/mol. The molecular weight excluding hydrogens is 308 g/mol. The third kappa shape index (κ3) is 2.39. The van der Waals surface area contributed by atoms with Crippen molar-refractivity contribution in [2.24, 2.45) is 0 Å². The van der Waals surface area contributed by atoms with Crippen molar-refractivity contribution in [2.45, 2.75) is 0 Å². The highest BCUT2D eigenvalue weighted by atomic mass is 19.2. The summed E-state index contributed by atoms with van der Waals surface area (Å²) in [5.74, 6) is -11.6. The number of benzene rings is 2. The fourth-order valence-electron chi connectivity index (χ4n) is 1.88. The van der Waals surface area contributed by atoms with E-state index >= 15 is 0 Å². The minimum atomic E-state index is -2.17. The smallest absolute Gasteiger partial charge is 0.341 e. The fraction of sp³-hybridized carbons (Fsp3) is 0. The van der Waals surface area contributed by atoms with Gasteiger partial charge in [-0.3, -0.25) is 0 Å². The molecule has 0 saturated carbocycles. The number of carboxylic acids is 2. The first-order valence-electron chi connectivity index (χ1n) is 5.68. The van der Waals surface area contributed by atoms with Crippen LogP contribution < -0.4 is 0 Å². The van der Waals surface area contributed by atoms with Gasteiger partial charge >= 0.3 is 11.9 Å². The molecular formula is C14H6F4O4. The maximum Gasteiger partial charge on any atom is 0.341 e. The van der Waals surface area contributed by atoms with Crippen LogP contribution in [0.4, 0.5) is 17.6 Å². The standard InChI is InChI=1S/C14H6F4O4/c15-9-7(5-2-1-3-6(4-5)13(19)20)10(16)12(18)11(17)8(9)14(21)22/h1-4H,(H,19,20)(H,21,22). The molecule has 0 radical (unpaired) electrons. The SMILES string of the molecule is O=C(O)c1cccc(-c2c(F)c(F)c(F)c(C(=O)O)c2F)c1. The molecule has 0 saturated heterocycles. The van der Waals surface area contributed by atoms with Gasteiger partial charge in [0.2, 0.25) is 0 Å². The Hall–Kier alpha value is -2.90. The normalized spacial score (nSPS) is 10.5. The average molecular weight is 314 g/mol. The quantitative estimate of drug-likeness (QED) is 0.518. The van der Waals surface area contributed by atoms with Gasteiger partial charge in [-0.05, 0) is 17.7 Å². The molecule has 2 aromatic rings. The molecule has 0 unspecified atom stereocenters. The molecule has 0 amide bonds. The van der Waals surface area contributed by atoms with Crippen molar-refractivity contribution >= 4 is 11.9 Å². The predicted octanol–water partition coefficient (Wildman–Crippen LogP) is 3.31. The van der Waals surface area contributed by atoms with E-state index in [2.05, 4.69) is 0 Å². The Labute approximate surface area is 120 Å². The summed E-state index contributed by atoms with van der Waals surface area (Å²) in [4.78, 5) is 21.6. The van der Waals surface area contributed by atoms with Gasteiger partial charge < -0.3 is 10.2 Å². The van der Waals surface area contributed by atoms with Crippen LogP contribution in [-0.2, 0) is 0 Å². The largest absolute Gasteiger partial charge is 0.478 e. The lowest BCUT2D eigenvalue weighted by molar-refractivity contribution is 0.0678. The van der Waals surface area contributed by atoms with Crippen molar-refractivity contribution in [3.05, 3.63) is 58.7 Å². The van der Waals surface area contributed by atoms with Crippen molar-refractivity contribution in [2.75, 3.05) is 0 Å². The van der Waals surface area contributed by atoms with Crippen LogP contribution in [0.15, 0.2) is 24.3 Å². The maximum atomic E-state index is 14.1. The van der Waals surface area contributed by atoms with E-state index in [9.17, 15) is 27.2 Å². The van der Waals surface area contributed by atoms with Gasteiger partial charge in [0.05, 0.1) is 11.1 Å². The van der Waals surface area contributed by atoms with Crippen LogP contribution in [0.25, 0.3) is 11.1 Å². The summed E-state index contributed by atoms with van der Waals surface area (Å²) in [5, 5.41) is 17.5. The molecule has 2 aromatic carbocycles. The van der Waals surface area contributed by atoms with E-state index < -0.39 is 51.9 Å². The summed E-state index contributed by atoms with van der Waals surface area (Å²) in [6.07, 6.45) is 0. The van der Waals surface area contributed by atoms with Gasteiger partial charge in [0, 0.05) is 0 Å². The number of hydrogen-bond donors (Lipinski definition) is 2. The van der Waals surface area contributed by atoms with Crippen LogP contribution in [0.2, 0.25) is 0 Å². The Morgan fingerprint density at radius 1 is 0.818 bits per heavy atom. The molecule has 0 aliphatic rings. The number of aromatic carboxylic acids is 2. The summed E-state index contributed by atoms with van der Waals surface area (Å²) >= 11 is 0. The van der Waals surface area contributed by atoms with E-state index in [1.807, 2.05) is 0 Å². The minimum absolute atomic E-state index is 0.363. The molecule has 8 heteroatoms. The Morgan fingerprint density at radius 3 is 2.00 bits per heavy atom. The third-order valence-electron chi connectivity index (χ3n) is 2.88. The van der Waals surface area contributed by atoms with Gasteiger partial charge in [-0.25, -0.2) is 27.2 Å². The number of rotatable bonds is 3. The highest BCUT2D eigenvalue weighted by Crippen LogP contribution is 2.32. The number of hydrogen-bond acceptors (Lipinski definition) is 2. The van der Waals surface area contributed by atoms with Crippen molar-refractivity contribution in [1.29, 1.82) is 0 Å². The molecule has 0 atom stereocenters. The van der Waals surface area contributed by atoms with E-state index in [0.717, 1.165) is 24.3 Å². The van der Waals surface area contributed by atoms with E-state index in [0.29, 0.717) is 0 Å². The van der Waals surface area contributed by atoms with E-state index in [1.165, 1.54) is 0 Å². The molecule has 0 bridgehead atoms. The lowest BCUT2D eigenvalue weighted by Crippen LogP contribution is -2.11. The minimum Gasteiger partial charge on any atom is -0.478 e. The molecule has 4 nitrogen and oxygen atoms in total. The topological polar surface area (TPSA) is 74.6 Å². The summed E-state index contributed by atoms with van der Waals surface area (Å²) in [6, 6.07) is 4.09. The molecule has 0 aromatic heterocycles. The molecule has 2 rings (SSSR count). The fourth-order valence-corrected chi connectivity index (χ4v) is 1.88. The first-order chi connectivity index (χ1) is 10.3. The number of carboxylic acid groups (broad SMARTS) is 2. The zero-order valence-electron chi connectivity index (χ0n) is 10.5. The van der Waals surface area contributed by atoms with E-state index in [-0.39, 0.29) is 5.56 Å². The van der Waals surface area contributed by atoms with E-state index in [4.69, 9.17) is 10.2 Å². The molecule has 0 fully saturated rings. The highest BCUT2D eigenvalue weighted by Gasteiger charge is 2.30. The van der Waals surface area contributed by atoms with Gasteiger partial charge in [-0.15, -0.1) is 0 Å². The van der Waals surface area contributed by atoms with Gasteiger partial charge in [0.25, 0.3) is 0 Å². The third-order valence-corrected chi connectivity index (χ3v) is 2.88. The molecule has 22 heavy (non-hydrogen) atoms. The second-order valence-electron chi connectivity index (χ2n) is 4.20. The Morgan fingerprint density at radius 2 is 1.45 bits per heavy atom. The molecule has 114 valence electrons. The Kier molecular flexibility index (Phi) is 3.85. The number of carbonyl (C=O) groups is 2. The van der Waals surface area contributed by atoms with Crippen molar-refractivity contribution in [3.8, 4) is 11.1 Å². The summed E-state index contributed by atoms with van der Waals surface area (Å²) < 4.78 is 54.6. The zero-order chi connectivity index (χ0) is 16.6. The van der Waals surface area contributed by atoms with Gasteiger partial charge in [0.15, 0.2) is 23.3 Å². The molecule has 0 aliphatic heterocycles. The van der Waals surface area contributed by atoms with Crippen molar-refractivity contribution in [1.82, 2.24) is 0 Å². The van der Waals surface area contributed by atoms with Crippen molar-refractivity contribution in [3.63, 3.8) is 0 Å². The van der Waals surface area contributed by atoms with E-state index in [1.54, 1.807) is 0 Å². The van der Waals surface area contributed by atoms with Gasteiger partial charge in [-0.1, -0.05) is 12.1 Å². The van der Waals surface area contributed by atoms with Crippen LogP contribution >= 0.6 is 0 Å². The molecule has 0 heterocycles. The first-order valence-corrected chi connectivity index (χ1v) is 5.68. The molecule has 2 N–H and O–H groups in total. The number of halogens is 4. The van der Waals surface area contributed by atoms with Crippen molar-refractivity contribution < 1.29 is 37.4 Å². The Balaban J connectivity index is 2.84.